The van der Waals surface area contributed by atoms with Gasteiger partial charge in [-0.1, -0.05) is 57.4 Å². The van der Waals surface area contributed by atoms with Crippen molar-refractivity contribution in [1.82, 2.24) is 0 Å². The van der Waals surface area contributed by atoms with Gasteiger partial charge in [0, 0.05) is 0 Å². The Bertz CT molecular complexity index is 178. The normalized spacial score (nSPS) is 11.6. The first-order valence-electron chi connectivity index (χ1n) is 6.14. The second kappa shape index (κ2) is 9.05. The number of allylic oxidation sites excluding steroid dienone is 4. The summed E-state index contributed by atoms with van der Waals surface area (Å²) in [5.41, 5.74) is 3.22. The first-order valence-corrected chi connectivity index (χ1v) is 6.14. The molecule has 0 aromatic heterocycles. The minimum Gasteiger partial charge on any atom is -0.0853 e. The van der Waals surface area contributed by atoms with E-state index in [0.29, 0.717) is 0 Å². The Labute approximate surface area is 90.1 Å². The highest BCUT2D eigenvalue weighted by atomic mass is 14.0. The van der Waals surface area contributed by atoms with Gasteiger partial charge in [-0.15, -0.1) is 0 Å². The fourth-order valence-corrected chi connectivity index (χ4v) is 1.71. The zero-order chi connectivity index (χ0) is 10.8. The lowest BCUT2D eigenvalue weighted by Gasteiger charge is -2.04. The molecule has 0 bridgehead atoms. The number of rotatable bonds is 7. The van der Waals surface area contributed by atoms with Crippen molar-refractivity contribution in [3.8, 4) is 0 Å². The topological polar surface area (TPSA) is 0 Å². The van der Waals surface area contributed by atoms with Crippen LogP contribution in [0.1, 0.15) is 66.2 Å². The van der Waals surface area contributed by atoms with Gasteiger partial charge in [0.05, 0.1) is 0 Å². The third-order valence-corrected chi connectivity index (χ3v) is 2.63. The van der Waals surface area contributed by atoms with Gasteiger partial charge >= 0.3 is 0 Å². The molecule has 0 heteroatoms. The molecule has 82 valence electrons. The van der Waals surface area contributed by atoms with Crippen LogP contribution in [0.15, 0.2) is 23.3 Å². The summed E-state index contributed by atoms with van der Waals surface area (Å²) in [5.74, 6) is 0. The molecule has 0 spiro atoms. The lowest BCUT2D eigenvalue weighted by Crippen LogP contribution is -1.84. The molecular weight excluding hydrogens is 168 g/mol. The van der Waals surface area contributed by atoms with E-state index in [0.717, 1.165) is 0 Å². The molecule has 0 N–H and O–H groups in total. The van der Waals surface area contributed by atoms with Crippen LogP contribution in [0.2, 0.25) is 0 Å². The van der Waals surface area contributed by atoms with Crippen LogP contribution in [0.4, 0.5) is 0 Å². The average Bonchev–Trinajstić information content (AvgIpc) is 2.20. The molecule has 0 fully saturated rings. The van der Waals surface area contributed by atoms with Crippen LogP contribution in [0, 0.1) is 0 Å². The molecule has 0 heterocycles. The zero-order valence-electron chi connectivity index (χ0n) is 10.4. The second-order valence-corrected chi connectivity index (χ2v) is 3.79. The van der Waals surface area contributed by atoms with E-state index in [-0.39, 0.29) is 0 Å². The predicted octanol–water partition coefficient (Wildman–Crippen LogP) is 5.26. The van der Waals surface area contributed by atoms with Crippen LogP contribution < -0.4 is 0 Å². The van der Waals surface area contributed by atoms with Crippen molar-refractivity contribution in [2.45, 2.75) is 66.2 Å². The molecule has 0 nitrogen and oxygen atoms in total. The molecule has 0 atom stereocenters. The molecule has 0 unspecified atom stereocenters. The Kier molecular flexibility index (Phi) is 8.72. The summed E-state index contributed by atoms with van der Waals surface area (Å²) in [6.07, 6.45) is 12.1. The Morgan fingerprint density at radius 1 is 0.857 bits per heavy atom. The first-order chi connectivity index (χ1) is 6.78. The van der Waals surface area contributed by atoms with Crippen molar-refractivity contribution in [1.29, 1.82) is 0 Å². The van der Waals surface area contributed by atoms with Gasteiger partial charge in [-0.2, -0.15) is 0 Å². The van der Waals surface area contributed by atoms with E-state index in [1.54, 1.807) is 11.1 Å². The maximum atomic E-state index is 2.43. The van der Waals surface area contributed by atoms with Crippen LogP contribution in [0.3, 0.4) is 0 Å². The van der Waals surface area contributed by atoms with E-state index in [9.17, 15) is 0 Å². The Balaban J connectivity index is 4.16. The summed E-state index contributed by atoms with van der Waals surface area (Å²) in [7, 11) is 0. The molecule has 0 aliphatic rings. The van der Waals surface area contributed by atoms with Crippen LogP contribution >= 0.6 is 0 Å². The van der Waals surface area contributed by atoms with Gasteiger partial charge in [-0.3, -0.25) is 0 Å². The summed E-state index contributed by atoms with van der Waals surface area (Å²) in [6.45, 7) is 8.98. The average molecular weight is 194 g/mol. The zero-order valence-corrected chi connectivity index (χ0v) is 10.4. The molecule has 0 aromatic rings. The number of hydrogen-bond acceptors (Lipinski definition) is 0. The summed E-state index contributed by atoms with van der Waals surface area (Å²) in [6, 6.07) is 0. The molecule has 0 saturated carbocycles. The van der Waals surface area contributed by atoms with Crippen molar-refractivity contribution in [2.75, 3.05) is 0 Å². The maximum absolute atomic E-state index is 2.43. The minimum atomic E-state index is 1.18. The lowest BCUT2D eigenvalue weighted by atomic mass is 10.0. The summed E-state index contributed by atoms with van der Waals surface area (Å²) >= 11 is 0. The van der Waals surface area contributed by atoms with Crippen LogP contribution in [-0.2, 0) is 0 Å². The summed E-state index contributed by atoms with van der Waals surface area (Å²) in [4.78, 5) is 0. The quantitative estimate of drug-likeness (QED) is 0.485. The molecule has 0 saturated heterocycles. The predicted molar refractivity (Wildman–Crippen MR) is 66.6 cm³/mol. The van der Waals surface area contributed by atoms with E-state index in [1.807, 2.05) is 0 Å². The van der Waals surface area contributed by atoms with Crippen molar-refractivity contribution in [3.05, 3.63) is 23.3 Å². The third-order valence-electron chi connectivity index (χ3n) is 2.63. The minimum absolute atomic E-state index is 1.18. The molecular formula is C14H26. The van der Waals surface area contributed by atoms with Crippen LogP contribution in [0.5, 0.6) is 0 Å². The Hall–Kier alpha value is -0.520. The monoisotopic (exact) mass is 194 g/mol. The SMILES string of the molecule is CCC=C(CC=C(CC)CC)CCC. The van der Waals surface area contributed by atoms with Crippen LogP contribution in [0.25, 0.3) is 0 Å². The molecule has 0 amide bonds. The first kappa shape index (κ1) is 13.5. The van der Waals surface area contributed by atoms with Gasteiger partial charge in [-0.05, 0) is 32.1 Å². The fourth-order valence-electron chi connectivity index (χ4n) is 1.71. The summed E-state index contributed by atoms with van der Waals surface area (Å²) < 4.78 is 0. The molecule has 0 radical (unpaired) electrons. The maximum Gasteiger partial charge on any atom is -0.0136 e. The molecule has 0 aliphatic heterocycles. The fraction of sp³-hybridized carbons (Fsp3) is 0.714. The molecule has 0 aromatic carbocycles. The van der Waals surface area contributed by atoms with Crippen molar-refractivity contribution < 1.29 is 0 Å². The van der Waals surface area contributed by atoms with Gasteiger partial charge in [0.25, 0.3) is 0 Å². The van der Waals surface area contributed by atoms with Crippen molar-refractivity contribution in [3.63, 3.8) is 0 Å². The van der Waals surface area contributed by atoms with Crippen molar-refractivity contribution >= 4 is 0 Å². The van der Waals surface area contributed by atoms with Crippen molar-refractivity contribution in [2.24, 2.45) is 0 Å². The Morgan fingerprint density at radius 2 is 1.50 bits per heavy atom. The highest BCUT2D eigenvalue weighted by molar-refractivity contribution is 5.11. The Morgan fingerprint density at radius 3 is 1.93 bits per heavy atom. The molecule has 0 rings (SSSR count). The van der Waals surface area contributed by atoms with E-state index in [2.05, 4.69) is 39.8 Å². The van der Waals surface area contributed by atoms with E-state index in [4.69, 9.17) is 0 Å². The standard InChI is InChI=1S/C14H26/c1-5-9-14(10-6-2)12-11-13(7-3)8-4/h9,11H,5-8,10,12H2,1-4H3. The highest BCUT2D eigenvalue weighted by Gasteiger charge is 1.95. The van der Waals surface area contributed by atoms with E-state index in [1.165, 1.54) is 38.5 Å². The lowest BCUT2D eigenvalue weighted by molar-refractivity contribution is 0.860. The third kappa shape index (κ3) is 6.01. The van der Waals surface area contributed by atoms with Gasteiger partial charge in [-0.25, -0.2) is 0 Å². The van der Waals surface area contributed by atoms with Gasteiger partial charge < -0.3 is 0 Å². The van der Waals surface area contributed by atoms with E-state index < -0.39 is 0 Å². The molecule has 0 aliphatic carbocycles. The molecule has 14 heavy (non-hydrogen) atoms. The second-order valence-electron chi connectivity index (χ2n) is 3.79. The van der Waals surface area contributed by atoms with Gasteiger partial charge in [0.1, 0.15) is 0 Å². The summed E-state index contributed by atoms with van der Waals surface area (Å²) in [5, 5.41) is 0. The van der Waals surface area contributed by atoms with Gasteiger partial charge in [0.15, 0.2) is 0 Å². The van der Waals surface area contributed by atoms with Crippen LogP contribution in [-0.4, -0.2) is 0 Å². The highest BCUT2D eigenvalue weighted by Crippen LogP contribution is 2.15. The van der Waals surface area contributed by atoms with E-state index >= 15 is 0 Å². The smallest absolute Gasteiger partial charge is 0.0136 e. The van der Waals surface area contributed by atoms with Gasteiger partial charge in [0.2, 0.25) is 0 Å². The number of hydrogen-bond donors (Lipinski definition) is 0. The largest absolute Gasteiger partial charge is 0.0853 e.